The average molecular weight is 366 g/mol. The fourth-order valence-corrected chi connectivity index (χ4v) is 3.08. The minimum absolute atomic E-state index is 0. The van der Waals surface area contributed by atoms with Crippen LogP contribution in [0.2, 0.25) is 5.15 Å². The van der Waals surface area contributed by atoms with E-state index in [1.807, 2.05) is 6.26 Å². The number of halogens is 2. The molecule has 1 aliphatic heterocycles. The third kappa shape index (κ3) is 5.05. The van der Waals surface area contributed by atoms with Crippen molar-refractivity contribution in [3.05, 3.63) is 5.15 Å². The molecule has 2 rings (SSSR count). The van der Waals surface area contributed by atoms with Gasteiger partial charge in [-0.15, -0.1) is 24.2 Å². The Kier molecular flexibility index (Phi) is 7.05. The van der Waals surface area contributed by atoms with E-state index in [0.29, 0.717) is 5.15 Å². The molecule has 0 aliphatic carbocycles. The Balaban J connectivity index is 0.00000242. The van der Waals surface area contributed by atoms with Crippen LogP contribution in [0.4, 0.5) is 11.8 Å². The van der Waals surface area contributed by atoms with Crippen LogP contribution in [0.1, 0.15) is 20.8 Å². The Hall–Kier alpha value is -0.430. The van der Waals surface area contributed by atoms with Crippen molar-refractivity contribution in [3.63, 3.8) is 0 Å². The van der Waals surface area contributed by atoms with Gasteiger partial charge in [0.15, 0.2) is 0 Å². The Labute approximate surface area is 148 Å². The standard InChI is InChI=1S/C14H24ClN5S.ClH/c1-14(2,3)18-12-10(21-5)11(15)16-13(17-12)20-8-6-19(4)7-9-20;/h6-9H2,1-5H3,(H,16,17,18);1H. The summed E-state index contributed by atoms with van der Waals surface area (Å²) in [5.74, 6) is 1.54. The number of thioether (sulfide) groups is 1. The molecule has 126 valence electrons. The van der Waals surface area contributed by atoms with E-state index in [2.05, 4.69) is 47.9 Å². The summed E-state index contributed by atoms with van der Waals surface area (Å²) in [5.41, 5.74) is -0.0679. The van der Waals surface area contributed by atoms with Crippen molar-refractivity contribution in [1.29, 1.82) is 0 Å². The zero-order chi connectivity index (χ0) is 15.6. The lowest BCUT2D eigenvalue weighted by molar-refractivity contribution is 0.311. The lowest BCUT2D eigenvalue weighted by Gasteiger charge is -2.33. The van der Waals surface area contributed by atoms with Crippen LogP contribution in [0.25, 0.3) is 0 Å². The molecule has 1 aromatic rings. The molecule has 0 aromatic carbocycles. The summed E-state index contributed by atoms with van der Waals surface area (Å²) >= 11 is 7.93. The number of hydrogen-bond acceptors (Lipinski definition) is 6. The van der Waals surface area contributed by atoms with Gasteiger partial charge in [0.05, 0.1) is 4.90 Å². The molecule has 22 heavy (non-hydrogen) atoms. The van der Waals surface area contributed by atoms with Crippen molar-refractivity contribution >= 4 is 47.5 Å². The Bertz CT molecular complexity index is 499. The normalized spacial score (nSPS) is 16.4. The van der Waals surface area contributed by atoms with Crippen LogP contribution < -0.4 is 10.2 Å². The Morgan fingerprint density at radius 3 is 2.23 bits per heavy atom. The van der Waals surface area contributed by atoms with E-state index in [-0.39, 0.29) is 17.9 Å². The first-order valence-electron chi connectivity index (χ1n) is 7.13. The minimum atomic E-state index is -0.0679. The van der Waals surface area contributed by atoms with Crippen LogP contribution in [-0.2, 0) is 0 Å². The van der Waals surface area contributed by atoms with Gasteiger partial charge in [-0.2, -0.15) is 9.97 Å². The highest BCUT2D eigenvalue weighted by Crippen LogP contribution is 2.33. The first-order chi connectivity index (χ1) is 9.80. The molecule has 0 saturated carbocycles. The highest BCUT2D eigenvalue weighted by Gasteiger charge is 2.22. The van der Waals surface area contributed by atoms with E-state index in [4.69, 9.17) is 16.6 Å². The maximum Gasteiger partial charge on any atom is 0.228 e. The van der Waals surface area contributed by atoms with Gasteiger partial charge in [-0.25, -0.2) is 0 Å². The molecule has 1 aromatic heterocycles. The molecule has 5 nitrogen and oxygen atoms in total. The highest BCUT2D eigenvalue weighted by molar-refractivity contribution is 7.98. The van der Waals surface area contributed by atoms with Crippen molar-refractivity contribution in [2.75, 3.05) is 49.7 Å². The monoisotopic (exact) mass is 365 g/mol. The SMILES string of the molecule is CSc1c(Cl)nc(N2CCN(C)CC2)nc1NC(C)(C)C.Cl. The molecule has 1 saturated heterocycles. The second-order valence-corrected chi connectivity index (χ2v) is 7.54. The fourth-order valence-electron chi connectivity index (χ4n) is 2.18. The van der Waals surface area contributed by atoms with Gasteiger partial charge in [0.2, 0.25) is 5.95 Å². The maximum absolute atomic E-state index is 6.36. The zero-order valence-electron chi connectivity index (χ0n) is 13.8. The molecule has 0 spiro atoms. The molecule has 1 fully saturated rings. The molecule has 0 bridgehead atoms. The summed E-state index contributed by atoms with van der Waals surface area (Å²) in [7, 11) is 2.13. The number of anilines is 2. The maximum atomic E-state index is 6.36. The minimum Gasteiger partial charge on any atom is -0.364 e. The quantitative estimate of drug-likeness (QED) is 0.655. The predicted molar refractivity (Wildman–Crippen MR) is 99.2 cm³/mol. The van der Waals surface area contributed by atoms with Gasteiger partial charge in [-0.1, -0.05) is 11.6 Å². The van der Waals surface area contributed by atoms with Crippen molar-refractivity contribution in [2.24, 2.45) is 0 Å². The summed E-state index contributed by atoms with van der Waals surface area (Å²) in [6.07, 6.45) is 1.99. The van der Waals surface area contributed by atoms with Gasteiger partial charge in [0.25, 0.3) is 0 Å². The first-order valence-corrected chi connectivity index (χ1v) is 8.73. The van der Waals surface area contributed by atoms with Gasteiger partial charge in [-0.3, -0.25) is 0 Å². The van der Waals surface area contributed by atoms with Gasteiger partial charge in [0.1, 0.15) is 11.0 Å². The lowest BCUT2D eigenvalue weighted by atomic mass is 10.1. The summed E-state index contributed by atoms with van der Waals surface area (Å²) in [6.45, 7) is 10.2. The summed E-state index contributed by atoms with van der Waals surface area (Å²) in [4.78, 5) is 14.6. The van der Waals surface area contributed by atoms with E-state index < -0.39 is 0 Å². The van der Waals surface area contributed by atoms with Crippen molar-refractivity contribution in [2.45, 2.75) is 31.2 Å². The summed E-state index contributed by atoms with van der Waals surface area (Å²) in [6, 6.07) is 0. The molecular weight excluding hydrogens is 341 g/mol. The third-order valence-electron chi connectivity index (χ3n) is 3.30. The topological polar surface area (TPSA) is 44.3 Å². The Morgan fingerprint density at radius 2 is 1.73 bits per heavy atom. The zero-order valence-corrected chi connectivity index (χ0v) is 16.2. The van der Waals surface area contributed by atoms with Crippen molar-refractivity contribution in [3.8, 4) is 0 Å². The number of likely N-dealkylation sites (N-methyl/N-ethyl adjacent to an activating group) is 1. The van der Waals surface area contributed by atoms with Gasteiger partial charge in [0, 0.05) is 31.7 Å². The van der Waals surface area contributed by atoms with Crippen LogP contribution in [0.15, 0.2) is 4.90 Å². The summed E-state index contributed by atoms with van der Waals surface area (Å²) < 4.78 is 0. The second-order valence-electron chi connectivity index (χ2n) is 6.36. The molecule has 1 aliphatic rings. The van der Waals surface area contributed by atoms with Crippen molar-refractivity contribution in [1.82, 2.24) is 14.9 Å². The number of nitrogens with one attached hydrogen (secondary N) is 1. The smallest absolute Gasteiger partial charge is 0.228 e. The average Bonchev–Trinajstić information content (AvgIpc) is 2.37. The fraction of sp³-hybridized carbons (Fsp3) is 0.714. The molecular formula is C14H25Cl2N5S. The molecule has 0 radical (unpaired) electrons. The van der Waals surface area contributed by atoms with Crippen LogP contribution in [0.3, 0.4) is 0 Å². The van der Waals surface area contributed by atoms with Crippen LogP contribution >= 0.6 is 35.8 Å². The van der Waals surface area contributed by atoms with E-state index in [0.717, 1.165) is 42.8 Å². The number of piperazine rings is 1. The van der Waals surface area contributed by atoms with Crippen LogP contribution in [0, 0.1) is 0 Å². The molecule has 0 atom stereocenters. The first kappa shape index (κ1) is 19.6. The van der Waals surface area contributed by atoms with E-state index >= 15 is 0 Å². The Morgan fingerprint density at radius 1 is 1.14 bits per heavy atom. The van der Waals surface area contributed by atoms with Gasteiger partial charge < -0.3 is 15.1 Å². The number of nitrogens with zero attached hydrogens (tertiary/aromatic N) is 4. The third-order valence-corrected chi connectivity index (χ3v) is 4.48. The molecule has 2 heterocycles. The molecule has 8 heteroatoms. The molecule has 0 unspecified atom stereocenters. The van der Waals surface area contributed by atoms with Crippen molar-refractivity contribution < 1.29 is 0 Å². The van der Waals surface area contributed by atoms with E-state index in [9.17, 15) is 0 Å². The second kappa shape index (κ2) is 7.90. The number of aromatic nitrogens is 2. The van der Waals surface area contributed by atoms with Crippen LogP contribution in [-0.4, -0.2) is 59.9 Å². The van der Waals surface area contributed by atoms with Crippen LogP contribution in [0.5, 0.6) is 0 Å². The molecule has 1 N–H and O–H groups in total. The van der Waals surface area contributed by atoms with Gasteiger partial charge in [-0.05, 0) is 34.1 Å². The predicted octanol–water partition coefficient (Wildman–Crippen LogP) is 3.24. The van der Waals surface area contributed by atoms with Gasteiger partial charge >= 0.3 is 0 Å². The van der Waals surface area contributed by atoms with E-state index in [1.165, 1.54) is 0 Å². The largest absolute Gasteiger partial charge is 0.364 e. The molecule has 0 amide bonds. The summed E-state index contributed by atoms with van der Waals surface area (Å²) in [5, 5.41) is 3.96. The number of rotatable bonds is 3. The highest BCUT2D eigenvalue weighted by atomic mass is 35.5. The van der Waals surface area contributed by atoms with E-state index in [1.54, 1.807) is 11.8 Å². The lowest BCUT2D eigenvalue weighted by Crippen LogP contribution is -2.45. The number of hydrogen-bond donors (Lipinski definition) is 1.